The van der Waals surface area contributed by atoms with Gasteiger partial charge in [-0.3, -0.25) is 14.2 Å². The number of carbonyl (C=O) groups is 1. The number of likely N-dealkylation sites (tertiary alicyclic amines) is 1. The fraction of sp³-hybridized carbons (Fsp3) is 0.357. The van der Waals surface area contributed by atoms with E-state index in [0.29, 0.717) is 35.3 Å². The number of nitrogens with zero attached hydrogens (tertiary/aromatic N) is 3. The summed E-state index contributed by atoms with van der Waals surface area (Å²) in [6, 6.07) is 5.18. The van der Waals surface area contributed by atoms with Crippen molar-refractivity contribution in [2.45, 2.75) is 18.9 Å². The number of likely N-dealkylation sites (N-methyl/N-ethyl adjacent to an activating group) is 1. The summed E-state index contributed by atoms with van der Waals surface area (Å²) in [5, 5.41) is 0.853. The Labute approximate surface area is 120 Å². The molecule has 1 amide bonds. The highest BCUT2D eigenvalue weighted by molar-refractivity contribution is 6.35. The second-order valence-corrected chi connectivity index (χ2v) is 5.46. The lowest BCUT2D eigenvalue weighted by molar-refractivity contribution is -0.132. The van der Waals surface area contributed by atoms with Gasteiger partial charge in [-0.2, -0.15) is 0 Å². The lowest BCUT2D eigenvalue weighted by Gasteiger charge is -2.30. The van der Waals surface area contributed by atoms with Gasteiger partial charge < -0.3 is 4.90 Å². The maximum Gasteiger partial charge on any atom is 0.263 e. The molecule has 3 rings (SSSR count). The fourth-order valence-electron chi connectivity index (χ4n) is 2.62. The van der Waals surface area contributed by atoms with E-state index in [-0.39, 0.29) is 17.5 Å². The summed E-state index contributed by atoms with van der Waals surface area (Å²) < 4.78 is 1.59. The van der Waals surface area contributed by atoms with Crippen LogP contribution in [0.5, 0.6) is 0 Å². The highest BCUT2D eigenvalue weighted by Gasteiger charge is 2.25. The lowest BCUT2D eigenvalue weighted by Crippen LogP contribution is -2.40. The molecular formula is C14H14ClN3O2. The van der Waals surface area contributed by atoms with Crippen molar-refractivity contribution >= 4 is 28.4 Å². The van der Waals surface area contributed by atoms with Gasteiger partial charge in [0.2, 0.25) is 5.91 Å². The SMILES string of the molecule is CN1C[C@@H](n2cnc3cccc(Cl)c3c2=O)CCC1=O. The van der Waals surface area contributed by atoms with Gasteiger partial charge in [-0.15, -0.1) is 0 Å². The second kappa shape index (κ2) is 4.90. The molecule has 0 radical (unpaired) electrons. The minimum absolute atomic E-state index is 0.0432. The first-order chi connectivity index (χ1) is 9.58. The molecule has 20 heavy (non-hydrogen) atoms. The molecular weight excluding hydrogens is 278 g/mol. The Morgan fingerprint density at radius 1 is 1.35 bits per heavy atom. The number of rotatable bonds is 1. The Bertz CT molecular complexity index is 741. The predicted octanol–water partition coefficient (Wildman–Crippen LogP) is 1.84. The van der Waals surface area contributed by atoms with Crippen molar-refractivity contribution in [2.24, 2.45) is 0 Å². The third kappa shape index (κ3) is 2.08. The Balaban J connectivity index is 2.09. The van der Waals surface area contributed by atoms with Crippen LogP contribution in [0.25, 0.3) is 10.9 Å². The van der Waals surface area contributed by atoms with Gasteiger partial charge in [0.05, 0.1) is 28.3 Å². The molecule has 1 fully saturated rings. The van der Waals surface area contributed by atoms with Gasteiger partial charge in [0, 0.05) is 20.0 Å². The molecule has 1 aromatic carbocycles. The Morgan fingerprint density at radius 2 is 2.15 bits per heavy atom. The molecule has 1 atom stereocenters. The maximum absolute atomic E-state index is 12.6. The first-order valence-electron chi connectivity index (χ1n) is 6.47. The zero-order chi connectivity index (χ0) is 14.3. The van der Waals surface area contributed by atoms with E-state index < -0.39 is 0 Å². The zero-order valence-electron chi connectivity index (χ0n) is 11.0. The van der Waals surface area contributed by atoms with Crippen LogP contribution in [0.2, 0.25) is 5.02 Å². The lowest BCUT2D eigenvalue weighted by atomic mass is 10.1. The minimum atomic E-state index is -0.145. The van der Waals surface area contributed by atoms with Crippen LogP contribution in [0.15, 0.2) is 29.3 Å². The average molecular weight is 292 g/mol. The summed E-state index contributed by atoms with van der Waals surface area (Å²) in [5.74, 6) is 0.112. The van der Waals surface area contributed by atoms with Gasteiger partial charge in [-0.25, -0.2) is 4.98 Å². The molecule has 0 N–H and O–H groups in total. The maximum atomic E-state index is 12.6. The molecule has 2 heterocycles. The van der Waals surface area contributed by atoms with Gasteiger partial charge in [-0.1, -0.05) is 17.7 Å². The number of hydrogen-bond donors (Lipinski definition) is 0. The van der Waals surface area contributed by atoms with Crippen LogP contribution in [0.4, 0.5) is 0 Å². The predicted molar refractivity (Wildman–Crippen MR) is 76.9 cm³/mol. The largest absolute Gasteiger partial charge is 0.344 e. The van der Waals surface area contributed by atoms with Crippen molar-refractivity contribution in [1.29, 1.82) is 0 Å². The summed E-state index contributed by atoms with van der Waals surface area (Å²) in [7, 11) is 1.75. The Morgan fingerprint density at radius 3 is 2.90 bits per heavy atom. The van der Waals surface area contributed by atoms with E-state index in [2.05, 4.69) is 4.98 Å². The molecule has 0 aliphatic carbocycles. The molecule has 1 aliphatic rings. The van der Waals surface area contributed by atoms with Crippen molar-refractivity contribution in [3.63, 3.8) is 0 Å². The molecule has 0 saturated carbocycles. The van der Waals surface area contributed by atoms with Crippen LogP contribution in [0.1, 0.15) is 18.9 Å². The fourth-order valence-corrected chi connectivity index (χ4v) is 2.87. The van der Waals surface area contributed by atoms with Crippen LogP contribution in [-0.2, 0) is 4.79 Å². The highest BCUT2D eigenvalue weighted by atomic mass is 35.5. The first kappa shape index (κ1) is 13.1. The third-order valence-electron chi connectivity index (χ3n) is 3.76. The van der Waals surface area contributed by atoms with Gasteiger partial charge in [-0.05, 0) is 18.6 Å². The zero-order valence-corrected chi connectivity index (χ0v) is 11.8. The van der Waals surface area contributed by atoms with Crippen molar-refractivity contribution in [3.05, 3.63) is 39.9 Å². The van der Waals surface area contributed by atoms with Crippen molar-refractivity contribution in [3.8, 4) is 0 Å². The topological polar surface area (TPSA) is 55.2 Å². The smallest absolute Gasteiger partial charge is 0.263 e. The summed E-state index contributed by atoms with van der Waals surface area (Å²) >= 11 is 6.11. The highest BCUT2D eigenvalue weighted by Crippen LogP contribution is 2.22. The summed E-state index contributed by atoms with van der Waals surface area (Å²) in [4.78, 5) is 30.0. The van der Waals surface area contributed by atoms with Crippen LogP contribution in [-0.4, -0.2) is 34.0 Å². The van der Waals surface area contributed by atoms with E-state index in [9.17, 15) is 9.59 Å². The van der Waals surface area contributed by atoms with Gasteiger partial charge >= 0.3 is 0 Å². The van der Waals surface area contributed by atoms with Crippen LogP contribution in [0.3, 0.4) is 0 Å². The minimum Gasteiger partial charge on any atom is -0.344 e. The molecule has 1 saturated heterocycles. The molecule has 0 unspecified atom stereocenters. The van der Waals surface area contributed by atoms with E-state index >= 15 is 0 Å². The monoisotopic (exact) mass is 291 g/mol. The number of carbonyl (C=O) groups excluding carboxylic acids is 1. The van der Waals surface area contributed by atoms with E-state index in [1.54, 1.807) is 41.0 Å². The third-order valence-corrected chi connectivity index (χ3v) is 4.07. The number of halogens is 1. The van der Waals surface area contributed by atoms with Gasteiger partial charge in [0.25, 0.3) is 5.56 Å². The quantitative estimate of drug-likeness (QED) is 0.805. The van der Waals surface area contributed by atoms with Crippen molar-refractivity contribution in [2.75, 3.05) is 13.6 Å². The number of aromatic nitrogens is 2. The van der Waals surface area contributed by atoms with E-state index in [1.807, 2.05) is 0 Å². The van der Waals surface area contributed by atoms with Crippen molar-refractivity contribution < 1.29 is 4.79 Å². The van der Waals surface area contributed by atoms with E-state index in [0.717, 1.165) is 0 Å². The number of fused-ring (bicyclic) bond motifs is 1. The van der Waals surface area contributed by atoms with Gasteiger partial charge in [0.1, 0.15) is 0 Å². The normalized spacial score (nSPS) is 19.6. The molecule has 1 aliphatic heterocycles. The summed E-state index contributed by atoms with van der Waals surface area (Å²) in [6.45, 7) is 0.524. The molecule has 6 heteroatoms. The van der Waals surface area contributed by atoms with E-state index in [1.165, 1.54) is 0 Å². The number of hydrogen-bond acceptors (Lipinski definition) is 3. The Hall–Kier alpha value is -1.88. The van der Waals surface area contributed by atoms with Crippen LogP contribution >= 0.6 is 11.6 Å². The summed E-state index contributed by atoms with van der Waals surface area (Å²) in [6.07, 6.45) is 2.66. The number of benzene rings is 1. The first-order valence-corrected chi connectivity index (χ1v) is 6.85. The number of piperidine rings is 1. The molecule has 1 aromatic heterocycles. The molecule has 2 aromatic rings. The van der Waals surface area contributed by atoms with Gasteiger partial charge in [0.15, 0.2) is 0 Å². The standard InChI is InChI=1S/C14H14ClN3O2/c1-17-7-9(5-6-12(17)19)18-8-16-11-4-2-3-10(15)13(11)14(18)20/h2-4,8-9H,5-7H2,1H3/t9-/m0/s1. The van der Waals surface area contributed by atoms with E-state index in [4.69, 9.17) is 11.6 Å². The molecule has 104 valence electrons. The molecule has 0 bridgehead atoms. The van der Waals surface area contributed by atoms with Crippen molar-refractivity contribution in [1.82, 2.24) is 14.5 Å². The average Bonchev–Trinajstić information content (AvgIpc) is 2.42. The second-order valence-electron chi connectivity index (χ2n) is 5.06. The molecule has 5 nitrogen and oxygen atoms in total. The van der Waals surface area contributed by atoms with Crippen LogP contribution in [0, 0.1) is 0 Å². The molecule has 0 spiro atoms. The Kier molecular flexibility index (Phi) is 3.22. The number of amides is 1. The summed E-state index contributed by atoms with van der Waals surface area (Å²) in [5.41, 5.74) is 0.451. The van der Waals surface area contributed by atoms with Crippen LogP contribution < -0.4 is 5.56 Å².